The predicted molar refractivity (Wildman–Crippen MR) is 83.5 cm³/mol. The van der Waals surface area contributed by atoms with Crippen LogP contribution in [0, 0.1) is 24.7 Å². The molecule has 4 aliphatic carbocycles. The average Bonchev–Trinajstić information content (AvgIpc) is 2.40. The van der Waals surface area contributed by atoms with Crippen LogP contribution in [0.25, 0.3) is 0 Å². The standard InChI is InChI=1S/C19H27N/c1-14-3-5-15(6-4-14)13-20(2)19-10-16-7-17(11-19)9-18(8-16)12-19/h3-6,16-18H,7-13H2,1-2H3. The van der Waals surface area contributed by atoms with Crippen LogP contribution in [0.3, 0.4) is 0 Å². The SMILES string of the molecule is Cc1ccc(CN(C)C23CC4CC(CC(C4)C2)C3)cc1. The summed E-state index contributed by atoms with van der Waals surface area (Å²) in [6, 6.07) is 9.13. The summed E-state index contributed by atoms with van der Waals surface area (Å²) in [7, 11) is 2.38. The Kier molecular flexibility index (Phi) is 2.96. The van der Waals surface area contributed by atoms with Crippen molar-refractivity contribution in [1.82, 2.24) is 4.90 Å². The zero-order chi connectivity index (χ0) is 13.7. The molecule has 5 rings (SSSR count). The van der Waals surface area contributed by atoms with Crippen molar-refractivity contribution >= 4 is 0 Å². The molecule has 4 bridgehead atoms. The molecule has 4 saturated carbocycles. The number of rotatable bonds is 3. The van der Waals surface area contributed by atoms with Crippen molar-refractivity contribution in [2.24, 2.45) is 17.8 Å². The highest BCUT2D eigenvalue weighted by Crippen LogP contribution is 2.57. The number of nitrogens with zero attached hydrogens (tertiary/aromatic N) is 1. The Balaban J connectivity index is 1.53. The van der Waals surface area contributed by atoms with E-state index in [1.165, 1.54) is 49.7 Å². The van der Waals surface area contributed by atoms with E-state index in [1.54, 1.807) is 0 Å². The molecule has 1 aromatic rings. The summed E-state index contributed by atoms with van der Waals surface area (Å²) >= 11 is 0. The van der Waals surface area contributed by atoms with Gasteiger partial charge in [-0.25, -0.2) is 0 Å². The van der Waals surface area contributed by atoms with Crippen LogP contribution >= 0.6 is 0 Å². The van der Waals surface area contributed by atoms with Crippen LogP contribution in [-0.2, 0) is 6.54 Å². The van der Waals surface area contributed by atoms with E-state index in [-0.39, 0.29) is 0 Å². The van der Waals surface area contributed by atoms with Gasteiger partial charge < -0.3 is 0 Å². The summed E-state index contributed by atoms with van der Waals surface area (Å²) in [5, 5.41) is 0. The third kappa shape index (κ3) is 2.11. The van der Waals surface area contributed by atoms with E-state index in [0.717, 1.165) is 24.3 Å². The summed E-state index contributed by atoms with van der Waals surface area (Å²) in [6.07, 6.45) is 9.04. The quantitative estimate of drug-likeness (QED) is 0.786. The topological polar surface area (TPSA) is 3.24 Å². The summed E-state index contributed by atoms with van der Waals surface area (Å²) in [5.74, 6) is 3.13. The highest BCUT2D eigenvalue weighted by molar-refractivity contribution is 5.21. The fourth-order valence-electron chi connectivity index (χ4n) is 5.67. The Morgan fingerprint density at radius 3 is 1.95 bits per heavy atom. The van der Waals surface area contributed by atoms with Crippen molar-refractivity contribution in [3.8, 4) is 0 Å². The van der Waals surface area contributed by atoms with Crippen molar-refractivity contribution in [2.45, 2.75) is 57.5 Å². The number of aryl methyl sites for hydroxylation is 1. The summed E-state index contributed by atoms with van der Waals surface area (Å²) in [4.78, 5) is 2.71. The molecule has 0 spiro atoms. The van der Waals surface area contributed by atoms with Gasteiger partial charge >= 0.3 is 0 Å². The third-order valence-corrected chi connectivity index (χ3v) is 6.36. The number of hydrogen-bond acceptors (Lipinski definition) is 1. The molecule has 0 radical (unpaired) electrons. The van der Waals surface area contributed by atoms with Crippen LogP contribution in [0.2, 0.25) is 0 Å². The first kappa shape index (κ1) is 12.9. The minimum atomic E-state index is 0.541. The zero-order valence-corrected chi connectivity index (χ0v) is 12.9. The molecule has 4 aliphatic rings. The summed E-state index contributed by atoms with van der Waals surface area (Å²) in [5.41, 5.74) is 3.39. The molecule has 0 amide bonds. The lowest BCUT2D eigenvalue weighted by Crippen LogP contribution is -2.58. The fraction of sp³-hybridized carbons (Fsp3) is 0.684. The fourth-order valence-corrected chi connectivity index (χ4v) is 5.67. The van der Waals surface area contributed by atoms with Gasteiger partial charge in [0.2, 0.25) is 0 Å². The molecule has 20 heavy (non-hydrogen) atoms. The molecule has 4 fully saturated rings. The lowest BCUT2D eigenvalue weighted by Gasteiger charge is -2.60. The Hall–Kier alpha value is -0.820. The van der Waals surface area contributed by atoms with Crippen LogP contribution < -0.4 is 0 Å². The van der Waals surface area contributed by atoms with Crippen LogP contribution in [0.15, 0.2) is 24.3 Å². The lowest BCUT2D eigenvalue weighted by atomic mass is 9.52. The minimum absolute atomic E-state index is 0.541. The van der Waals surface area contributed by atoms with Crippen molar-refractivity contribution < 1.29 is 0 Å². The molecule has 1 heteroatoms. The van der Waals surface area contributed by atoms with Gasteiger partial charge in [-0.3, -0.25) is 4.90 Å². The second kappa shape index (κ2) is 4.59. The van der Waals surface area contributed by atoms with Crippen molar-refractivity contribution in [3.05, 3.63) is 35.4 Å². The average molecular weight is 269 g/mol. The zero-order valence-electron chi connectivity index (χ0n) is 12.9. The molecule has 0 aliphatic heterocycles. The van der Waals surface area contributed by atoms with E-state index >= 15 is 0 Å². The predicted octanol–water partition coefficient (Wildman–Crippen LogP) is 4.40. The van der Waals surface area contributed by atoms with Crippen LogP contribution in [-0.4, -0.2) is 17.5 Å². The van der Waals surface area contributed by atoms with Crippen LogP contribution in [0.4, 0.5) is 0 Å². The van der Waals surface area contributed by atoms with Crippen molar-refractivity contribution in [2.75, 3.05) is 7.05 Å². The second-order valence-electron chi connectivity index (χ2n) is 7.98. The van der Waals surface area contributed by atoms with Gasteiger partial charge in [0.1, 0.15) is 0 Å². The molecule has 0 heterocycles. The molecular formula is C19H27N. The molecule has 0 unspecified atom stereocenters. The Morgan fingerprint density at radius 1 is 0.950 bits per heavy atom. The number of hydrogen-bond donors (Lipinski definition) is 0. The van der Waals surface area contributed by atoms with E-state index in [4.69, 9.17) is 0 Å². The van der Waals surface area contributed by atoms with Gasteiger partial charge in [-0.2, -0.15) is 0 Å². The van der Waals surface area contributed by atoms with Gasteiger partial charge in [-0.15, -0.1) is 0 Å². The largest absolute Gasteiger partial charge is 0.296 e. The van der Waals surface area contributed by atoms with Gasteiger partial charge in [0, 0.05) is 12.1 Å². The van der Waals surface area contributed by atoms with Gasteiger partial charge in [0.15, 0.2) is 0 Å². The first-order valence-corrected chi connectivity index (χ1v) is 8.40. The van der Waals surface area contributed by atoms with E-state index in [2.05, 4.69) is 43.1 Å². The Bertz CT molecular complexity index is 452. The van der Waals surface area contributed by atoms with E-state index in [1.807, 2.05) is 0 Å². The monoisotopic (exact) mass is 269 g/mol. The molecule has 0 N–H and O–H groups in total. The van der Waals surface area contributed by atoms with Crippen molar-refractivity contribution in [1.29, 1.82) is 0 Å². The maximum Gasteiger partial charge on any atom is 0.0236 e. The first-order chi connectivity index (χ1) is 9.63. The van der Waals surface area contributed by atoms with Gasteiger partial charge in [0.25, 0.3) is 0 Å². The van der Waals surface area contributed by atoms with Crippen molar-refractivity contribution in [3.63, 3.8) is 0 Å². The molecule has 1 nitrogen and oxygen atoms in total. The Morgan fingerprint density at radius 2 is 1.45 bits per heavy atom. The summed E-state index contributed by atoms with van der Waals surface area (Å²) in [6.45, 7) is 3.30. The van der Waals surface area contributed by atoms with E-state index in [9.17, 15) is 0 Å². The van der Waals surface area contributed by atoms with Gasteiger partial charge in [0.05, 0.1) is 0 Å². The minimum Gasteiger partial charge on any atom is -0.296 e. The first-order valence-electron chi connectivity index (χ1n) is 8.40. The molecular weight excluding hydrogens is 242 g/mol. The lowest BCUT2D eigenvalue weighted by molar-refractivity contribution is -0.0822. The molecule has 0 atom stereocenters. The Labute approximate surface area is 123 Å². The molecule has 0 aromatic heterocycles. The smallest absolute Gasteiger partial charge is 0.0236 e. The third-order valence-electron chi connectivity index (χ3n) is 6.36. The van der Waals surface area contributed by atoms with Gasteiger partial charge in [-0.1, -0.05) is 29.8 Å². The van der Waals surface area contributed by atoms with Gasteiger partial charge in [-0.05, 0) is 75.8 Å². The second-order valence-corrected chi connectivity index (χ2v) is 7.98. The molecule has 1 aromatic carbocycles. The maximum atomic E-state index is 2.71. The normalized spacial score (nSPS) is 38.6. The van der Waals surface area contributed by atoms with Crippen LogP contribution in [0.5, 0.6) is 0 Å². The maximum absolute atomic E-state index is 2.71. The number of benzene rings is 1. The molecule has 108 valence electrons. The van der Waals surface area contributed by atoms with E-state index in [0.29, 0.717) is 5.54 Å². The van der Waals surface area contributed by atoms with Crippen LogP contribution in [0.1, 0.15) is 49.7 Å². The highest BCUT2D eigenvalue weighted by Gasteiger charge is 2.52. The summed E-state index contributed by atoms with van der Waals surface area (Å²) < 4.78 is 0. The highest BCUT2D eigenvalue weighted by atomic mass is 15.2. The van der Waals surface area contributed by atoms with E-state index < -0.39 is 0 Å². The molecule has 0 saturated heterocycles.